The molecule has 0 unspecified atom stereocenters. The van der Waals surface area contributed by atoms with Crippen molar-refractivity contribution in [3.8, 4) is 5.75 Å². The van der Waals surface area contributed by atoms with E-state index in [9.17, 15) is 18.3 Å². The molecule has 0 aliphatic rings. The van der Waals surface area contributed by atoms with Gasteiger partial charge in [0.25, 0.3) is 10.0 Å². The number of anilines is 1. The molecular formula is C19H17NO5S. The molecule has 3 aromatic rings. The van der Waals surface area contributed by atoms with Crippen molar-refractivity contribution in [2.24, 2.45) is 0 Å². The molecule has 0 spiro atoms. The monoisotopic (exact) mass is 371 g/mol. The molecule has 0 aliphatic heterocycles. The van der Waals surface area contributed by atoms with Crippen molar-refractivity contribution in [3.05, 3.63) is 66.2 Å². The maximum absolute atomic E-state index is 13.2. The van der Waals surface area contributed by atoms with E-state index in [0.29, 0.717) is 16.5 Å². The van der Waals surface area contributed by atoms with Crippen LogP contribution in [0.2, 0.25) is 0 Å². The molecule has 3 aromatic carbocycles. The number of rotatable bonds is 5. The zero-order valence-electron chi connectivity index (χ0n) is 14.2. The van der Waals surface area contributed by atoms with Crippen LogP contribution in [0.3, 0.4) is 0 Å². The molecule has 0 saturated carbocycles. The lowest BCUT2D eigenvalue weighted by atomic mass is 10.1. The van der Waals surface area contributed by atoms with Crippen LogP contribution in [0.5, 0.6) is 5.75 Å². The molecule has 0 bridgehead atoms. The number of fused-ring (bicyclic) bond motifs is 1. The van der Waals surface area contributed by atoms with Crippen molar-refractivity contribution in [3.63, 3.8) is 0 Å². The highest BCUT2D eigenvalue weighted by atomic mass is 32.2. The Hall–Kier alpha value is -3.06. The van der Waals surface area contributed by atoms with E-state index in [1.807, 2.05) is 0 Å². The van der Waals surface area contributed by atoms with E-state index in [-0.39, 0.29) is 16.2 Å². The van der Waals surface area contributed by atoms with Crippen LogP contribution in [-0.4, -0.2) is 33.7 Å². The fourth-order valence-electron chi connectivity index (χ4n) is 2.83. The molecule has 7 heteroatoms. The maximum atomic E-state index is 13.2. The van der Waals surface area contributed by atoms with Crippen LogP contribution >= 0.6 is 0 Å². The number of ether oxygens (including phenoxy) is 1. The second-order valence-corrected chi connectivity index (χ2v) is 7.55. The number of hydrogen-bond acceptors (Lipinski definition) is 4. The number of carboxylic acid groups (broad SMARTS) is 1. The van der Waals surface area contributed by atoms with Crippen LogP contribution in [0.1, 0.15) is 10.4 Å². The number of benzene rings is 3. The van der Waals surface area contributed by atoms with E-state index >= 15 is 0 Å². The van der Waals surface area contributed by atoms with Crippen molar-refractivity contribution in [2.75, 3.05) is 18.5 Å². The van der Waals surface area contributed by atoms with Crippen LogP contribution in [0, 0.1) is 0 Å². The van der Waals surface area contributed by atoms with E-state index in [0.717, 1.165) is 10.4 Å². The molecule has 6 nitrogen and oxygen atoms in total. The predicted molar refractivity (Wildman–Crippen MR) is 99.5 cm³/mol. The first-order chi connectivity index (χ1) is 12.4. The highest BCUT2D eigenvalue weighted by Gasteiger charge is 2.28. The summed E-state index contributed by atoms with van der Waals surface area (Å²) in [4.78, 5) is 11.6. The summed E-state index contributed by atoms with van der Waals surface area (Å²) in [5.74, 6) is -1.12. The molecule has 0 saturated heterocycles. The highest BCUT2D eigenvalue weighted by Crippen LogP contribution is 2.36. The molecule has 0 radical (unpaired) electrons. The lowest BCUT2D eigenvalue weighted by molar-refractivity contribution is 0.0693. The zero-order chi connectivity index (χ0) is 18.9. The van der Waals surface area contributed by atoms with Gasteiger partial charge in [-0.2, -0.15) is 0 Å². The molecule has 0 amide bonds. The van der Waals surface area contributed by atoms with Gasteiger partial charge in [0, 0.05) is 17.8 Å². The first kappa shape index (κ1) is 17.8. The Morgan fingerprint density at radius 2 is 1.58 bits per heavy atom. The number of hydrogen-bond donors (Lipinski definition) is 1. The van der Waals surface area contributed by atoms with Gasteiger partial charge in [0.2, 0.25) is 0 Å². The van der Waals surface area contributed by atoms with E-state index in [1.54, 1.807) is 54.6 Å². The van der Waals surface area contributed by atoms with Crippen molar-refractivity contribution in [1.29, 1.82) is 0 Å². The summed E-state index contributed by atoms with van der Waals surface area (Å²) < 4.78 is 32.8. The first-order valence-corrected chi connectivity index (χ1v) is 9.19. The fourth-order valence-corrected chi connectivity index (χ4v) is 4.25. The van der Waals surface area contributed by atoms with Crippen molar-refractivity contribution < 1.29 is 23.1 Å². The fraction of sp³-hybridized carbons (Fsp3) is 0.105. The Bertz CT molecular complexity index is 1080. The maximum Gasteiger partial charge on any atom is 0.339 e. The lowest BCUT2D eigenvalue weighted by Crippen LogP contribution is -2.27. The molecule has 0 atom stereocenters. The number of sulfonamides is 1. The summed E-state index contributed by atoms with van der Waals surface area (Å²) in [6.07, 6.45) is 0. The van der Waals surface area contributed by atoms with Gasteiger partial charge in [-0.05, 0) is 18.2 Å². The van der Waals surface area contributed by atoms with Crippen LogP contribution in [0.15, 0.2) is 65.6 Å². The van der Waals surface area contributed by atoms with Crippen molar-refractivity contribution >= 4 is 32.5 Å². The first-order valence-electron chi connectivity index (χ1n) is 7.75. The van der Waals surface area contributed by atoms with E-state index in [1.165, 1.54) is 14.2 Å². The minimum atomic E-state index is -3.99. The summed E-state index contributed by atoms with van der Waals surface area (Å²) in [5.41, 5.74) is 0.274. The van der Waals surface area contributed by atoms with Gasteiger partial charge in [0.1, 0.15) is 11.3 Å². The molecule has 0 aliphatic carbocycles. The minimum absolute atomic E-state index is 0.0855. The summed E-state index contributed by atoms with van der Waals surface area (Å²) in [5, 5.41) is 10.3. The largest absolute Gasteiger partial charge is 0.495 e. The normalized spacial score (nSPS) is 11.3. The van der Waals surface area contributed by atoms with E-state index in [4.69, 9.17) is 4.74 Å². The van der Waals surface area contributed by atoms with Crippen molar-refractivity contribution in [2.45, 2.75) is 4.90 Å². The molecule has 26 heavy (non-hydrogen) atoms. The second-order valence-electron chi connectivity index (χ2n) is 5.61. The zero-order valence-corrected chi connectivity index (χ0v) is 15.0. The van der Waals surface area contributed by atoms with Crippen LogP contribution < -0.4 is 9.04 Å². The van der Waals surface area contributed by atoms with Crippen molar-refractivity contribution in [1.82, 2.24) is 0 Å². The molecule has 0 heterocycles. The molecule has 0 aromatic heterocycles. The van der Waals surface area contributed by atoms with E-state index < -0.39 is 16.0 Å². The van der Waals surface area contributed by atoms with Gasteiger partial charge in [-0.1, -0.05) is 42.5 Å². The Kier molecular flexibility index (Phi) is 4.56. The van der Waals surface area contributed by atoms with Gasteiger partial charge in [0.05, 0.1) is 17.7 Å². The predicted octanol–water partition coefficient (Wildman–Crippen LogP) is 3.37. The standard InChI is InChI=1S/C19H17NO5S/c1-20(13-8-4-3-5-9-13)26(23,24)17-12-16(19(21)22)18(25-2)15-11-7-6-10-14(15)17/h3-12H,1-2H3,(H,21,22). The second kappa shape index (κ2) is 6.68. The SMILES string of the molecule is COc1c(C(=O)O)cc(S(=O)(=O)N(C)c2ccccc2)c2ccccc12. The topological polar surface area (TPSA) is 83.9 Å². The van der Waals surface area contributed by atoms with Gasteiger partial charge < -0.3 is 9.84 Å². The third-order valence-corrected chi connectivity index (χ3v) is 5.98. The number of aromatic carboxylic acids is 1. The molecule has 1 N–H and O–H groups in total. The average Bonchev–Trinajstić information content (AvgIpc) is 2.66. The molecular weight excluding hydrogens is 354 g/mol. The summed E-state index contributed by atoms with van der Waals surface area (Å²) in [7, 11) is -1.19. The Balaban J connectivity index is 2.32. The molecule has 3 rings (SSSR count). The third kappa shape index (κ3) is 2.86. The molecule has 0 fully saturated rings. The van der Waals surface area contributed by atoms with Crippen LogP contribution in [0.25, 0.3) is 10.8 Å². The minimum Gasteiger partial charge on any atom is -0.495 e. The lowest BCUT2D eigenvalue weighted by Gasteiger charge is -2.21. The Morgan fingerprint density at radius 1 is 1.00 bits per heavy atom. The smallest absolute Gasteiger partial charge is 0.339 e. The number of para-hydroxylation sites is 1. The summed E-state index contributed by atoms with van der Waals surface area (Å²) in [6.45, 7) is 0. The van der Waals surface area contributed by atoms with Crippen LogP contribution in [0.4, 0.5) is 5.69 Å². The Labute approximate surface area is 151 Å². The number of carbonyl (C=O) groups is 1. The number of nitrogens with zero attached hydrogens (tertiary/aromatic N) is 1. The summed E-state index contributed by atoms with van der Waals surface area (Å²) in [6, 6.07) is 16.4. The third-order valence-electron chi connectivity index (χ3n) is 4.15. The highest BCUT2D eigenvalue weighted by molar-refractivity contribution is 7.93. The van der Waals surface area contributed by atoms with Gasteiger partial charge in [-0.3, -0.25) is 4.31 Å². The van der Waals surface area contributed by atoms with Gasteiger partial charge in [-0.25, -0.2) is 13.2 Å². The van der Waals surface area contributed by atoms with Crippen LogP contribution in [-0.2, 0) is 10.0 Å². The Morgan fingerprint density at radius 3 is 2.15 bits per heavy atom. The molecule has 134 valence electrons. The van der Waals surface area contributed by atoms with Gasteiger partial charge >= 0.3 is 5.97 Å². The number of methoxy groups -OCH3 is 1. The quantitative estimate of drug-likeness (QED) is 0.743. The number of carboxylic acids is 1. The van der Waals surface area contributed by atoms with Gasteiger partial charge in [-0.15, -0.1) is 0 Å². The van der Waals surface area contributed by atoms with E-state index in [2.05, 4.69) is 0 Å². The average molecular weight is 371 g/mol. The summed E-state index contributed by atoms with van der Waals surface area (Å²) >= 11 is 0. The van der Waals surface area contributed by atoms with Gasteiger partial charge in [0.15, 0.2) is 0 Å².